The van der Waals surface area contributed by atoms with E-state index in [1.165, 1.54) is 11.1 Å². The molecule has 1 nitrogen and oxygen atoms in total. The molecule has 0 aliphatic rings. The van der Waals surface area contributed by atoms with E-state index in [2.05, 4.69) is 48.8 Å². The molecule has 0 saturated carbocycles. The highest BCUT2D eigenvalue weighted by molar-refractivity contribution is 9.10. The fraction of sp³-hybridized carbons (Fsp3) is 0.294. The second kappa shape index (κ2) is 5.48. The summed E-state index contributed by atoms with van der Waals surface area (Å²) >= 11 is 3.52. The lowest BCUT2D eigenvalue weighted by atomic mass is 9.92. The van der Waals surface area contributed by atoms with Crippen molar-refractivity contribution in [3.05, 3.63) is 68.2 Å². The lowest BCUT2D eigenvalue weighted by Crippen LogP contribution is -2.05. The SMILES string of the molecule is Cc1cc(C)c(C(O)c2cccc(Br)c2C)cc1C. The van der Waals surface area contributed by atoms with Crippen molar-refractivity contribution in [2.24, 2.45) is 0 Å². The summed E-state index contributed by atoms with van der Waals surface area (Å²) in [7, 11) is 0. The maximum absolute atomic E-state index is 10.7. The molecule has 0 heterocycles. The van der Waals surface area contributed by atoms with Gasteiger partial charge >= 0.3 is 0 Å². The van der Waals surface area contributed by atoms with Crippen molar-refractivity contribution in [1.82, 2.24) is 0 Å². The third-order valence-electron chi connectivity index (χ3n) is 3.78. The molecule has 2 heteroatoms. The molecule has 1 atom stereocenters. The van der Waals surface area contributed by atoms with Crippen LogP contribution in [0.2, 0.25) is 0 Å². The van der Waals surface area contributed by atoms with Crippen LogP contribution in [-0.2, 0) is 0 Å². The molecule has 0 aromatic heterocycles. The van der Waals surface area contributed by atoms with E-state index in [4.69, 9.17) is 0 Å². The molecule has 0 amide bonds. The van der Waals surface area contributed by atoms with Crippen LogP contribution in [0.4, 0.5) is 0 Å². The lowest BCUT2D eigenvalue weighted by molar-refractivity contribution is 0.218. The maximum atomic E-state index is 10.7. The van der Waals surface area contributed by atoms with Gasteiger partial charge in [0.15, 0.2) is 0 Å². The van der Waals surface area contributed by atoms with Crippen LogP contribution < -0.4 is 0 Å². The van der Waals surface area contributed by atoms with Gasteiger partial charge in [0.1, 0.15) is 6.10 Å². The Balaban J connectivity index is 2.53. The zero-order valence-electron chi connectivity index (χ0n) is 11.8. The number of hydrogen-bond donors (Lipinski definition) is 1. The van der Waals surface area contributed by atoms with E-state index in [-0.39, 0.29) is 0 Å². The topological polar surface area (TPSA) is 20.2 Å². The molecule has 2 rings (SSSR count). The molecule has 0 bridgehead atoms. The Hall–Kier alpha value is -1.12. The third-order valence-corrected chi connectivity index (χ3v) is 4.64. The number of rotatable bonds is 2. The lowest BCUT2D eigenvalue weighted by Gasteiger charge is -2.18. The highest BCUT2D eigenvalue weighted by Gasteiger charge is 2.16. The minimum Gasteiger partial charge on any atom is -0.384 e. The largest absolute Gasteiger partial charge is 0.384 e. The predicted molar refractivity (Wildman–Crippen MR) is 83.6 cm³/mol. The molecule has 0 aliphatic heterocycles. The summed E-state index contributed by atoms with van der Waals surface area (Å²) in [5.74, 6) is 0. The molecule has 0 saturated heterocycles. The highest BCUT2D eigenvalue weighted by Crippen LogP contribution is 2.31. The Kier molecular flexibility index (Phi) is 4.12. The minimum absolute atomic E-state index is 0.572. The van der Waals surface area contributed by atoms with Crippen molar-refractivity contribution in [3.8, 4) is 0 Å². The zero-order chi connectivity index (χ0) is 14.2. The summed E-state index contributed by atoms with van der Waals surface area (Å²) in [6.45, 7) is 8.26. The van der Waals surface area contributed by atoms with Crippen LogP contribution in [0, 0.1) is 27.7 Å². The molecular weight excluding hydrogens is 300 g/mol. The highest BCUT2D eigenvalue weighted by atomic mass is 79.9. The van der Waals surface area contributed by atoms with Gasteiger partial charge in [-0.2, -0.15) is 0 Å². The molecule has 1 unspecified atom stereocenters. The van der Waals surface area contributed by atoms with Crippen molar-refractivity contribution >= 4 is 15.9 Å². The van der Waals surface area contributed by atoms with Crippen LogP contribution >= 0.6 is 15.9 Å². The van der Waals surface area contributed by atoms with Gasteiger partial charge in [0.25, 0.3) is 0 Å². The van der Waals surface area contributed by atoms with E-state index in [0.717, 1.165) is 26.7 Å². The summed E-state index contributed by atoms with van der Waals surface area (Å²) < 4.78 is 1.03. The number of halogens is 1. The van der Waals surface area contributed by atoms with E-state index >= 15 is 0 Å². The zero-order valence-corrected chi connectivity index (χ0v) is 13.4. The van der Waals surface area contributed by atoms with Gasteiger partial charge < -0.3 is 5.11 Å². The van der Waals surface area contributed by atoms with Gasteiger partial charge in [0, 0.05) is 4.47 Å². The van der Waals surface area contributed by atoms with Crippen LogP contribution in [0.5, 0.6) is 0 Å². The van der Waals surface area contributed by atoms with Gasteiger partial charge in [-0.15, -0.1) is 0 Å². The standard InChI is InChI=1S/C17H19BrO/c1-10-8-12(3)15(9-11(10)2)17(19)14-6-5-7-16(18)13(14)4/h5-9,17,19H,1-4H3. The number of aliphatic hydroxyl groups is 1. The van der Waals surface area contributed by atoms with Gasteiger partial charge in [0.05, 0.1) is 0 Å². The first-order valence-electron chi connectivity index (χ1n) is 6.42. The van der Waals surface area contributed by atoms with Crippen LogP contribution in [0.3, 0.4) is 0 Å². The fourth-order valence-corrected chi connectivity index (χ4v) is 2.75. The Morgan fingerprint density at radius 1 is 0.895 bits per heavy atom. The molecule has 0 aliphatic carbocycles. The van der Waals surface area contributed by atoms with E-state index in [0.29, 0.717) is 0 Å². The number of benzene rings is 2. The molecule has 19 heavy (non-hydrogen) atoms. The average molecular weight is 319 g/mol. The smallest absolute Gasteiger partial charge is 0.105 e. The van der Waals surface area contributed by atoms with Crippen molar-refractivity contribution in [2.75, 3.05) is 0 Å². The van der Waals surface area contributed by atoms with Gasteiger partial charge in [0.2, 0.25) is 0 Å². The Bertz CT molecular complexity index is 617. The molecule has 0 fully saturated rings. The first-order chi connectivity index (χ1) is 8.91. The molecule has 2 aromatic carbocycles. The van der Waals surface area contributed by atoms with Gasteiger partial charge in [-0.1, -0.05) is 40.2 Å². The van der Waals surface area contributed by atoms with E-state index in [9.17, 15) is 5.11 Å². The summed E-state index contributed by atoms with van der Waals surface area (Å²) in [6, 6.07) is 10.2. The Labute approximate surface area is 123 Å². The number of hydrogen-bond acceptors (Lipinski definition) is 1. The second-order valence-electron chi connectivity index (χ2n) is 5.15. The maximum Gasteiger partial charge on any atom is 0.105 e. The van der Waals surface area contributed by atoms with Crippen LogP contribution in [-0.4, -0.2) is 5.11 Å². The van der Waals surface area contributed by atoms with Crippen molar-refractivity contribution in [1.29, 1.82) is 0 Å². The van der Waals surface area contributed by atoms with Crippen LogP contribution in [0.25, 0.3) is 0 Å². The van der Waals surface area contributed by atoms with E-state index in [1.54, 1.807) is 0 Å². The van der Waals surface area contributed by atoms with Crippen molar-refractivity contribution < 1.29 is 5.11 Å². The Morgan fingerprint density at radius 3 is 2.21 bits per heavy atom. The van der Waals surface area contributed by atoms with Gasteiger partial charge in [-0.3, -0.25) is 0 Å². The Morgan fingerprint density at radius 2 is 1.53 bits per heavy atom. The van der Waals surface area contributed by atoms with Gasteiger partial charge in [-0.05, 0) is 67.1 Å². The number of aryl methyl sites for hydroxylation is 3. The second-order valence-corrected chi connectivity index (χ2v) is 6.00. The van der Waals surface area contributed by atoms with Crippen LogP contribution in [0.1, 0.15) is 39.5 Å². The summed E-state index contributed by atoms with van der Waals surface area (Å²) in [5.41, 5.74) is 6.65. The normalized spacial score (nSPS) is 12.5. The molecule has 0 radical (unpaired) electrons. The molecule has 100 valence electrons. The van der Waals surface area contributed by atoms with Gasteiger partial charge in [-0.25, -0.2) is 0 Å². The quantitative estimate of drug-likeness (QED) is 0.846. The number of aliphatic hydroxyl groups excluding tert-OH is 1. The van der Waals surface area contributed by atoms with Crippen molar-refractivity contribution in [3.63, 3.8) is 0 Å². The molecule has 1 N–H and O–H groups in total. The molecule has 0 spiro atoms. The van der Waals surface area contributed by atoms with Crippen LogP contribution in [0.15, 0.2) is 34.8 Å². The average Bonchev–Trinajstić information content (AvgIpc) is 2.36. The van der Waals surface area contributed by atoms with E-state index in [1.807, 2.05) is 25.1 Å². The van der Waals surface area contributed by atoms with Crippen molar-refractivity contribution in [2.45, 2.75) is 33.8 Å². The first kappa shape index (κ1) is 14.3. The minimum atomic E-state index is -0.572. The first-order valence-corrected chi connectivity index (χ1v) is 7.22. The molecular formula is C17H19BrO. The summed E-state index contributed by atoms with van der Waals surface area (Å²) in [4.78, 5) is 0. The molecule has 2 aromatic rings. The van der Waals surface area contributed by atoms with E-state index < -0.39 is 6.10 Å². The fourth-order valence-electron chi connectivity index (χ4n) is 2.37. The summed E-state index contributed by atoms with van der Waals surface area (Å²) in [6.07, 6.45) is -0.572. The summed E-state index contributed by atoms with van der Waals surface area (Å²) in [5, 5.41) is 10.7. The predicted octanol–water partition coefficient (Wildman–Crippen LogP) is 4.76. The third kappa shape index (κ3) is 2.75. The monoisotopic (exact) mass is 318 g/mol.